The fourth-order valence-corrected chi connectivity index (χ4v) is 20.9. The molecule has 0 N–H and O–H groups in total. The van der Waals surface area contributed by atoms with E-state index in [2.05, 4.69) is 38.6 Å². The van der Waals surface area contributed by atoms with Gasteiger partial charge in [-0.05, 0) is 0 Å². The van der Waals surface area contributed by atoms with Crippen LogP contribution in [0.5, 0.6) is 0 Å². The third kappa shape index (κ3) is 5.47. The van der Waals surface area contributed by atoms with Crippen molar-refractivity contribution in [2.24, 2.45) is 0 Å². The predicted octanol–water partition coefficient (Wildman–Crippen LogP) is 5.95. The first-order valence-corrected chi connectivity index (χ1v) is 18.3. The summed E-state index contributed by atoms with van der Waals surface area (Å²) in [4.78, 5) is 5.10. The van der Waals surface area contributed by atoms with E-state index in [0.29, 0.717) is 0 Å². The van der Waals surface area contributed by atoms with Gasteiger partial charge in [-0.15, -0.1) is 0 Å². The molecule has 3 nitrogen and oxygen atoms in total. The molecule has 144 valence electrons. The van der Waals surface area contributed by atoms with E-state index in [1.165, 1.54) is 70.4 Å². The molecule has 0 amide bonds. The third-order valence-corrected chi connectivity index (χ3v) is 21.5. The summed E-state index contributed by atoms with van der Waals surface area (Å²) in [7, 11) is 0. The van der Waals surface area contributed by atoms with E-state index in [4.69, 9.17) is 9.72 Å². The van der Waals surface area contributed by atoms with Gasteiger partial charge in [0.2, 0.25) is 0 Å². The second kappa shape index (κ2) is 11.0. The van der Waals surface area contributed by atoms with Crippen molar-refractivity contribution in [2.75, 3.05) is 6.61 Å². The van der Waals surface area contributed by atoms with Gasteiger partial charge in [-0.1, -0.05) is 0 Å². The van der Waals surface area contributed by atoms with Crippen LogP contribution in [0.25, 0.3) is 0 Å². The molecule has 1 aliphatic rings. The molecule has 0 aliphatic carbocycles. The number of imidazole rings is 1. The van der Waals surface area contributed by atoms with Crippen LogP contribution in [-0.2, 0) is 4.74 Å². The molecule has 1 atom stereocenters. The summed E-state index contributed by atoms with van der Waals surface area (Å²) in [5, 5.41) is 0. The molecule has 1 unspecified atom stereocenters. The second-order valence-corrected chi connectivity index (χ2v) is 20.9. The number of hydrogen-bond acceptors (Lipinski definition) is 2. The average molecular weight is 455 g/mol. The quantitative estimate of drug-likeness (QED) is 0.386. The molecule has 0 spiro atoms. The zero-order valence-corrected chi connectivity index (χ0v) is 20.0. The normalized spacial score (nSPS) is 18.6. The fraction of sp³-hybridized carbons (Fsp3) is 0.857. The predicted molar refractivity (Wildman–Crippen MR) is 110 cm³/mol. The maximum atomic E-state index is 6.06. The van der Waals surface area contributed by atoms with Gasteiger partial charge in [-0.25, -0.2) is 0 Å². The average Bonchev–Trinajstić information content (AvgIpc) is 3.04. The number of rotatable bonds is 11. The number of unbranched alkanes of at least 4 members (excludes halogenated alkanes) is 3. The van der Waals surface area contributed by atoms with Crippen LogP contribution in [0.3, 0.4) is 0 Å². The molecule has 1 fully saturated rings. The molecule has 0 bridgehead atoms. The van der Waals surface area contributed by atoms with E-state index >= 15 is 0 Å². The van der Waals surface area contributed by atoms with Crippen molar-refractivity contribution < 1.29 is 4.74 Å². The van der Waals surface area contributed by atoms with Crippen LogP contribution in [0.4, 0.5) is 0 Å². The molecule has 0 aromatic carbocycles. The molecule has 2 rings (SSSR count). The summed E-state index contributed by atoms with van der Waals surface area (Å²) in [5.74, 6) is 0. The summed E-state index contributed by atoms with van der Waals surface area (Å²) >= 11 is -2.42. The standard InChI is InChI=1S/C9H13N2O.3C4H9.Sn/c1-8-6-10-7-11(8)9-4-2-3-5-12-9;3*1-3-4-2;/h7,9H,2-5H2,1H3;3*1,3-4H2,2H3;. The Labute approximate surface area is 159 Å². The monoisotopic (exact) mass is 456 g/mol. The Kier molecular flexibility index (Phi) is 9.32. The molecule has 1 saturated heterocycles. The Balaban J connectivity index is 2.31. The minimum absolute atomic E-state index is 0.238. The summed E-state index contributed by atoms with van der Waals surface area (Å²) < 4.78 is 14.5. The van der Waals surface area contributed by atoms with Crippen molar-refractivity contribution in [2.45, 2.75) is 105 Å². The Morgan fingerprint density at radius 1 is 1.04 bits per heavy atom. The van der Waals surface area contributed by atoms with Gasteiger partial charge in [0.1, 0.15) is 0 Å². The molecule has 1 aliphatic heterocycles. The zero-order chi connectivity index (χ0) is 18.1. The summed E-state index contributed by atoms with van der Waals surface area (Å²) in [6, 6.07) is 0. The van der Waals surface area contributed by atoms with Gasteiger partial charge in [0.15, 0.2) is 0 Å². The summed E-state index contributed by atoms with van der Waals surface area (Å²) in [5.41, 5.74) is 1.45. The van der Waals surface area contributed by atoms with Crippen molar-refractivity contribution >= 4 is 22.1 Å². The number of aromatic nitrogens is 2. The summed E-state index contributed by atoms with van der Waals surface area (Å²) in [6.45, 7) is 10.3. The first kappa shape index (κ1) is 21.3. The molecule has 0 radical (unpaired) electrons. The van der Waals surface area contributed by atoms with Crippen molar-refractivity contribution in [1.82, 2.24) is 9.55 Å². The first-order chi connectivity index (χ1) is 12.2. The molecule has 0 saturated carbocycles. The van der Waals surface area contributed by atoms with E-state index in [1.54, 1.807) is 3.71 Å². The Morgan fingerprint density at radius 2 is 1.64 bits per heavy atom. The van der Waals surface area contributed by atoms with Gasteiger partial charge in [0, 0.05) is 0 Å². The van der Waals surface area contributed by atoms with Crippen LogP contribution in [0.2, 0.25) is 13.3 Å². The van der Waals surface area contributed by atoms with Crippen LogP contribution in [-0.4, -0.2) is 34.5 Å². The van der Waals surface area contributed by atoms with Gasteiger partial charge < -0.3 is 0 Å². The van der Waals surface area contributed by atoms with E-state index in [-0.39, 0.29) is 6.23 Å². The van der Waals surface area contributed by atoms with Gasteiger partial charge >= 0.3 is 160 Å². The number of ether oxygens (including phenoxy) is 1. The van der Waals surface area contributed by atoms with Crippen molar-refractivity contribution in [3.05, 3.63) is 12.0 Å². The van der Waals surface area contributed by atoms with Crippen LogP contribution < -0.4 is 3.71 Å². The Bertz CT molecular complexity index is 472. The molecule has 1 aromatic rings. The molecule has 2 heterocycles. The molecular formula is C21H40N2OSn. The van der Waals surface area contributed by atoms with Crippen LogP contribution in [0, 0.1) is 6.92 Å². The van der Waals surface area contributed by atoms with Crippen LogP contribution >= 0.6 is 0 Å². The van der Waals surface area contributed by atoms with Crippen LogP contribution in [0.1, 0.15) is 90.5 Å². The Morgan fingerprint density at radius 3 is 2.12 bits per heavy atom. The number of nitrogens with zero attached hydrogens (tertiary/aromatic N) is 2. The first-order valence-electron chi connectivity index (χ1n) is 10.8. The van der Waals surface area contributed by atoms with Crippen molar-refractivity contribution in [3.8, 4) is 0 Å². The molecule has 4 heteroatoms. The topological polar surface area (TPSA) is 27.1 Å². The zero-order valence-electron chi connectivity index (χ0n) is 17.1. The van der Waals surface area contributed by atoms with E-state index in [0.717, 1.165) is 13.0 Å². The SMILES string of the molecule is CCC[CH2][Sn]([CH2]CCC)([CH2]CCC)[c]1ncn(C2CCCCO2)c1C. The van der Waals surface area contributed by atoms with Gasteiger partial charge in [0.05, 0.1) is 0 Å². The third-order valence-electron chi connectivity index (χ3n) is 6.04. The van der Waals surface area contributed by atoms with Gasteiger partial charge in [-0.3, -0.25) is 0 Å². The fourth-order valence-electron chi connectivity index (χ4n) is 4.45. The van der Waals surface area contributed by atoms with E-state index < -0.39 is 18.4 Å². The van der Waals surface area contributed by atoms with E-state index in [9.17, 15) is 0 Å². The van der Waals surface area contributed by atoms with Crippen molar-refractivity contribution in [3.63, 3.8) is 0 Å². The molecule has 25 heavy (non-hydrogen) atoms. The molecule has 1 aromatic heterocycles. The Hall–Kier alpha value is -0.0313. The number of hydrogen-bond donors (Lipinski definition) is 0. The second-order valence-electron chi connectivity index (χ2n) is 8.00. The van der Waals surface area contributed by atoms with E-state index in [1.807, 2.05) is 0 Å². The van der Waals surface area contributed by atoms with Crippen LogP contribution in [0.15, 0.2) is 6.33 Å². The van der Waals surface area contributed by atoms with Crippen molar-refractivity contribution in [1.29, 1.82) is 0 Å². The summed E-state index contributed by atoms with van der Waals surface area (Å²) in [6.07, 6.45) is 14.2. The van der Waals surface area contributed by atoms with Gasteiger partial charge in [0.25, 0.3) is 0 Å². The maximum absolute atomic E-state index is 6.06. The minimum atomic E-state index is -2.42. The molecular weight excluding hydrogens is 415 g/mol. The van der Waals surface area contributed by atoms with Gasteiger partial charge in [-0.2, -0.15) is 0 Å².